The van der Waals surface area contributed by atoms with Crippen LogP contribution in [0.25, 0.3) is 0 Å². The minimum Gasteiger partial charge on any atom is -0.340 e. The average molecular weight is 278 g/mol. The molecular formula is C14H18N2O2S. The van der Waals surface area contributed by atoms with Gasteiger partial charge in [0.05, 0.1) is 6.54 Å². The number of nitrogens with zero attached hydrogens (tertiary/aromatic N) is 1. The van der Waals surface area contributed by atoms with Crippen LogP contribution in [-0.2, 0) is 16.1 Å². The normalized spacial score (nSPS) is 22.6. The smallest absolute Gasteiger partial charge is 0.249 e. The first-order valence-corrected chi connectivity index (χ1v) is 7.75. The molecule has 1 N–H and O–H groups in total. The molecule has 102 valence electrons. The Kier molecular flexibility index (Phi) is 3.31. The predicted molar refractivity (Wildman–Crippen MR) is 73.7 cm³/mol. The van der Waals surface area contributed by atoms with Crippen molar-refractivity contribution in [2.24, 2.45) is 0 Å². The van der Waals surface area contributed by atoms with E-state index in [0.29, 0.717) is 6.54 Å². The Morgan fingerprint density at radius 1 is 1.26 bits per heavy atom. The zero-order chi connectivity index (χ0) is 13.3. The lowest BCUT2D eigenvalue weighted by atomic mass is 9.79. The first-order valence-electron chi connectivity index (χ1n) is 6.81. The molecule has 1 aliphatic carbocycles. The molecule has 1 aromatic rings. The maximum Gasteiger partial charge on any atom is 0.249 e. The monoisotopic (exact) mass is 278 g/mol. The third kappa shape index (κ3) is 2.39. The predicted octanol–water partition coefficient (Wildman–Crippen LogP) is 1.91. The fourth-order valence-corrected chi connectivity index (χ4v) is 3.79. The largest absolute Gasteiger partial charge is 0.340 e. The number of nitrogens with one attached hydrogen (secondary N) is 1. The molecule has 1 spiro atoms. The Morgan fingerprint density at radius 3 is 2.74 bits per heavy atom. The molecule has 2 aliphatic rings. The van der Waals surface area contributed by atoms with Gasteiger partial charge in [-0.2, -0.15) is 11.3 Å². The van der Waals surface area contributed by atoms with Gasteiger partial charge in [0.2, 0.25) is 11.8 Å². The van der Waals surface area contributed by atoms with Crippen LogP contribution in [0.5, 0.6) is 0 Å². The zero-order valence-electron chi connectivity index (χ0n) is 10.9. The molecule has 2 fully saturated rings. The molecule has 2 heterocycles. The Hall–Kier alpha value is -1.36. The molecule has 1 saturated carbocycles. The van der Waals surface area contributed by atoms with Gasteiger partial charge in [-0.25, -0.2) is 0 Å². The maximum absolute atomic E-state index is 12.7. The summed E-state index contributed by atoms with van der Waals surface area (Å²) in [5.74, 6) is 0.0923. The topological polar surface area (TPSA) is 49.4 Å². The van der Waals surface area contributed by atoms with E-state index in [4.69, 9.17) is 0 Å². The van der Waals surface area contributed by atoms with Crippen LogP contribution in [0.1, 0.15) is 37.7 Å². The second kappa shape index (κ2) is 4.96. The van der Waals surface area contributed by atoms with Crippen molar-refractivity contribution in [1.29, 1.82) is 0 Å². The molecule has 0 unspecified atom stereocenters. The van der Waals surface area contributed by atoms with Gasteiger partial charge < -0.3 is 10.2 Å². The molecule has 0 atom stereocenters. The Morgan fingerprint density at radius 2 is 2.05 bits per heavy atom. The van der Waals surface area contributed by atoms with Crippen molar-refractivity contribution in [3.05, 3.63) is 22.4 Å². The van der Waals surface area contributed by atoms with Gasteiger partial charge in [-0.1, -0.05) is 19.3 Å². The average Bonchev–Trinajstić information content (AvgIpc) is 2.89. The highest BCUT2D eigenvalue weighted by molar-refractivity contribution is 7.07. The van der Waals surface area contributed by atoms with Gasteiger partial charge in [-0.15, -0.1) is 0 Å². The van der Waals surface area contributed by atoms with Gasteiger partial charge in [0.25, 0.3) is 0 Å². The summed E-state index contributed by atoms with van der Waals surface area (Å²) in [6.45, 7) is 0.744. The summed E-state index contributed by atoms with van der Waals surface area (Å²) in [5, 5.41) is 7.00. The van der Waals surface area contributed by atoms with Crippen molar-refractivity contribution in [2.75, 3.05) is 6.54 Å². The van der Waals surface area contributed by atoms with Gasteiger partial charge in [-0.05, 0) is 35.2 Å². The second-order valence-corrected chi connectivity index (χ2v) is 6.26. The first-order chi connectivity index (χ1) is 9.20. The number of amides is 2. The highest BCUT2D eigenvalue weighted by Gasteiger charge is 2.46. The Balaban J connectivity index is 1.80. The van der Waals surface area contributed by atoms with Crippen molar-refractivity contribution in [2.45, 2.75) is 44.2 Å². The molecule has 3 rings (SSSR count). The number of carbonyl (C=O) groups excluding carboxylic acids is 2. The molecule has 1 saturated heterocycles. The van der Waals surface area contributed by atoms with E-state index < -0.39 is 5.54 Å². The van der Waals surface area contributed by atoms with E-state index >= 15 is 0 Å². The van der Waals surface area contributed by atoms with Crippen LogP contribution in [0.3, 0.4) is 0 Å². The van der Waals surface area contributed by atoms with Crippen molar-refractivity contribution < 1.29 is 9.59 Å². The molecule has 5 heteroatoms. The van der Waals surface area contributed by atoms with E-state index in [9.17, 15) is 9.59 Å². The van der Waals surface area contributed by atoms with Crippen LogP contribution in [0, 0.1) is 0 Å². The van der Waals surface area contributed by atoms with Crippen molar-refractivity contribution in [3.63, 3.8) is 0 Å². The van der Waals surface area contributed by atoms with Gasteiger partial charge in [-0.3, -0.25) is 9.59 Å². The van der Waals surface area contributed by atoms with Gasteiger partial charge in [0, 0.05) is 6.54 Å². The summed E-state index contributed by atoms with van der Waals surface area (Å²) in [6, 6.07) is 2.01. The summed E-state index contributed by atoms with van der Waals surface area (Å²) in [6.07, 6.45) is 4.79. The fourth-order valence-electron chi connectivity index (χ4n) is 3.13. The number of hydrogen-bond donors (Lipinski definition) is 1. The number of piperazine rings is 1. The Bertz CT molecular complexity index is 478. The lowest BCUT2D eigenvalue weighted by molar-refractivity contribution is -0.152. The van der Waals surface area contributed by atoms with Crippen LogP contribution in [0.2, 0.25) is 0 Å². The van der Waals surface area contributed by atoms with Crippen LogP contribution >= 0.6 is 11.3 Å². The molecule has 0 aromatic carbocycles. The summed E-state index contributed by atoms with van der Waals surface area (Å²) in [5.41, 5.74) is 0.503. The summed E-state index contributed by atoms with van der Waals surface area (Å²) in [4.78, 5) is 26.3. The Labute approximate surface area is 116 Å². The summed E-state index contributed by atoms with van der Waals surface area (Å²) >= 11 is 1.62. The summed E-state index contributed by atoms with van der Waals surface area (Å²) < 4.78 is 0. The molecule has 4 nitrogen and oxygen atoms in total. The van der Waals surface area contributed by atoms with Crippen LogP contribution < -0.4 is 5.32 Å². The third-order valence-corrected chi connectivity index (χ3v) is 4.80. The maximum atomic E-state index is 12.7. The zero-order valence-corrected chi connectivity index (χ0v) is 11.7. The molecule has 0 bridgehead atoms. The molecular weight excluding hydrogens is 260 g/mol. The minimum absolute atomic E-state index is 0.0169. The fraction of sp³-hybridized carbons (Fsp3) is 0.571. The molecule has 2 amide bonds. The third-order valence-electron chi connectivity index (χ3n) is 4.07. The molecule has 19 heavy (non-hydrogen) atoms. The number of carbonyl (C=O) groups is 2. The number of thiophene rings is 1. The van der Waals surface area contributed by atoms with Crippen LogP contribution in [0.15, 0.2) is 16.8 Å². The van der Waals surface area contributed by atoms with E-state index in [2.05, 4.69) is 5.32 Å². The van der Waals surface area contributed by atoms with Crippen molar-refractivity contribution in [3.8, 4) is 0 Å². The lowest BCUT2D eigenvalue weighted by Crippen LogP contribution is -2.66. The van der Waals surface area contributed by atoms with E-state index in [1.54, 1.807) is 16.2 Å². The van der Waals surface area contributed by atoms with Crippen molar-refractivity contribution >= 4 is 23.2 Å². The van der Waals surface area contributed by atoms with Gasteiger partial charge in [0.15, 0.2) is 0 Å². The number of hydrogen-bond acceptors (Lipinski definition) is 3. The lowest BCUT2D eigenvalue weighted by Gasteiger charge is -2.44. The van der Waals surface area contributed by atoms with Crippen LogP contribution in [0.4, 0.5) is 0 Å². The highest BCUT2D eigenvalue weighted by atomic mass is 32.1. The molecule has 0 radical (unpaired) electrons. The molecule has 1 aromatic heterocycles. The highest BCUT2D eigenvalue weighted by Crippen LogP contribution is 2.32. The molecule has 1 aliphatic heterocycles. The van der Waals surface area contributed by atoms with Gasteiger partial charge in [0.1, 0.15) is 5.54 Å². The number of rotatable bonds is 2. The minimum atomic E-state index is -0.608. The summed E-state index contributed by atoms with van der Waals surface area (Å²) in [7, 11) is 0. The van der Waals surface area contributed by atoms with E-state index in [0.717, 1.165) is 37.7 Å². The van der Waals surface area contributed by atoms with E-state index in [1.165, 1.54) is 0 Å². The second-order valence-electron chi connectivity index (χ2n) is 5.48. The van der Waals surface area contributed by atoms with Crippen LogP contribution in [-0.4, -0.2) is 28.8 Å². The van der Waals surface area contributed by atoms with E-state index in [-0.39, 0.29) is 18.4 Å². The first kappa shape index (κ1) is 12.7. The standard InChI is InChI=1S/C14H18N2O2S/c17-12-9-16(8-11-4-7-19-10-11)13(18)14(15-12)5-2-1-3-6-14/h4,7,10H,1-3,5-6,8-9H2,(H,15,17). The van der Waals surface area contributed by atoms with Crippen molar-refractivity contribution in [1.82, 2.24) is 10.2 Å². The van der Waals surface area contributed by atoms with E-state index in [1.807, 2.05) is 16.8 Å². The SMILES string of the molecule is O=C1CN(Cc2ccsc2)C(=O)C2(CCCCC2)N1. The quantitative estimate of drug-likeness (QED) is 0.898. The van der Waals surface area contributed by atoms with Gasteiger partial charge >= 0.3 is 0 Å².